The Morgan fingerprint density at radius 1 is 1.29 bits per heavy atom. The molecule has 0 bridgehead atoms. The summed E-state index contributed by atoms with van der Waals surface area (Å²) in [6.07, 6.45) is 0. The molecule has 0 aromatic heterocycles. The van der Waals surface area contributed by atoms with Gasteiger partial charge in [-0.15, -0.1) is 11.8 Å². The third kappa shape index (κ3) is 3.64. The van der Waals surface area contributed by atoms with Gasteiger partial charge in [0.1, 0.15) is 12.1 Å². The Bertz CT molecular complexity index is 557. The molecular formula is C15H18N2O3S. The summed E-state index contributed by atoms with van der Waals surface area (Å²) in [6, 6.07) is 9.85. The maximum atomic E-state index is 12.3. The van der Waals surface area contributed by atoms with E-state index >= 15 is 0 Å². The lowest BCUT2D eigenvalue weighted by molar-refractivity contribution is -0.154. The number of rotatable bonds is 4. The highest BCUT2D eigenvalue weighted by molar-refractivity contribution is 7.99. The fourth-order valence-electron chi connectivity index (χ4n) is 2.09. The fraction of sp³-hybridized carbons (Fsp3) is 0.400. The molecule has 1 aromatic rings. The van der Waals surface area contributed by atoms with Crippen molar-refractivity contribution in [2.75, 3.05) is 12.3 Å². The Labute approximate surface area is 128 Å². The molecule has 3 amide bonds. The monoisotopic (exact) mass is 306 g/mol. The summed E-state index contributed by atoms with van der Waals surface area (Å²) in [4.78, 5) is 36.9. The maximum absolute atomic E-state index is 12.3. The lowest BCUT2D eigenvalue weighted by Gasteiger charge is -2.40. The molecule has 1 heterocycles. The molecule has 1 aliphatic rings. The second-order valence-corrected chi connectivity index (χ2v) is 6.38. The number of hydrogen-bond donors (Lipinski definition) is 1. The summed E-state index contributed by atoms with van der Waals surface area (Å²) < 4.78 is 0. The van der Waals surface area contributed by atoms with Crippen molar-refractivity contribution in [2.45, 2.75) is 25.1 Å². The van der Waals surface area contributed by atoms with Crippen molar-refractivity contribution < 1.29 is 14.4 Å². The first-order valence-corrected chi connectivity index (χ1v) is 7.83. The van der Waals surface area contributed by atoms with E-state index < -0.39 is 17.4 Å². The summed E-state index contributed by atoms with van der Waals surface area (Å²) >= 11 is 1.48. The van der Waals surface area contributed by atoms with Crippen LogP contribution in [-0.4, -0.2) is 40.5 Å². The molecule has 0 radical (unpaired) electrons. The van der Waals surface area contributed by atoms with Crippen molar-refractivity contribution >= 4 is 29.5 Å². The largest absolute Gasteiger partial charge is 0.318 e. The van der Waals surface area contributed by atoms with E-state index in [9.17, 15) is 14.4 Å². The number of thioether (sulfide) groups is 1. The zero-order valence-electron chi connectivity index (χ0n) is 12.1. The molecule has 1 fully saturated rings. The maximum Gasteiger partial charge on any atom is 0.252 e. The molecule has 21 heavy (non-hydrogen) atoms. The van der Waals surface area contributed by atoms with Gasteiger partial charge in [-0.25, -0.2) is 0 Å². The molecule has 0 unspecified atom stereocenters. The quantitative estimate of drug-likeness (QED) is 0.848. The Balaban J connectivity index is 1.93. The van der Waals surface area contributed by atoms with E-state index in [2.05, 4.69) is 5.32 Å². The van der Waals surface area contributed by atoms with Crippen molar-refractivity contribution in [1.82, 2.24) is 10.2 Å². The van der Waals surface area contributed by atoms with Crippen LogP contribution in [0.5, 0.6) is 0 Å². The SMILES string of the molecule is CC1(C)C(=O)NC(=O)CN1C(=O)CSCc1ccccc1. The van der Waals surface area contributed by atoms with Crippen LogP contribution in [0.3, 0.4) is 0 Å². The predicted octanol–water partition coefficient (Wildman–Crippen LogP) is 1.18. The van der Waals surface area contributed by atoms with Crippen LogP contribution in [0.15, 0.2) is 30.3 Å². The lowest BCUT2D eigenvalue weighted by atomic mass is 9.99. The van der Waals surface area contributed by atoms with Gasteiger partial charge in [-0.05, 0) is 19.4 Å². The molecule has 0 spiro atoms. The van der Waals surface area contributed by atoms with Crippen LogP contribution in [-0.2, 0) is 20.1 Å². The zero-order valence-corrected chi connectivity index (χ0v) is 12.9. The average molecular weight is 306 g/mol. The van der Waals surface area contributed by atoms with Gasteiger partial charge < -0.3 is 4.90 Å². The summed E-state index contributed by atoms with van der Waals surface area (Å²) in [5.74, 6) is -0.0788. The summed E-state index contributed by atoms with van der Waals surface area (Å²) in [6.45, 7) is 3.23. The first-order chi connectivity index (χ1) is 9.91. The van der Waals surface area contributed by atoms with Gasteiger partial charge in [-0.3, -0.25) is 19.7 Å². The molecule has 0 atom stereocenters. The van der Waals surface area contributed by atoms with Crippen LogP contribution in [0.4, 0.5) is 0 Å². The number of nitrogens with one attached hydrogen (secondary N) is 1. The van der Waals surface area contributed by atoms with Gasteiger partial charge >= 0.3 is 0 Å². The smallest absolute Gasteiger partial charge is 0.252 e. The first-order valence-electron chi connectivity index (χ1n) is 6.67. The van der Waals surface area contributed by atoms with E-state index in [0.29, 0.717) is 0 Å². The van der Waals surface area contributed by atoms with Crippen LogP contribution >= 0.6 is 11.8 Å². The van der Waals surface area contributed by atoms with Gasteiger partial charge in [0.25, 0.3) is 5.91 Å². The fourth-order valence-corrected chi connectivity index (χ4v) is 2.95. The minimum atomic E-state index is -0.988. The summed E-state index contributed by atoms with van der Waals surface area (Å²) in [5.41, 5.74) is 0.153. The first kappa shape index (κ1) is 15.6. The number of nitrogens with zero attached hydrogens (tertiary/aromatic N) is 1. The molecule has 1 aromatic carbocycles. The number of piperazine rings is 1. The van der Waals surface area contributed by atoms with Crippen LogP contribution < -0.4 is 5.32 Å². The molecular weight excluding hydrogens is 288 g/mol. The van der Waals surface area contributed by atoms with Crippen molar-refractivity contribution in [2.24, 2.45) is 0 Å². The van der Waals surface area contributed by atoms with Gasteiger partial charge in [-0.1, -0.05) is 30.3 Å². The number of carbonyl (C=O) groups is 3. The number of imide groups is 1. The molecule has 112 valence electrons. The van der Waals surface area contributed by atoms with E-state index in [1.807, 2.05) is 30.3 Å². The van der Waals surface area contributed by atoms with Crippen molar-refractivity contribution in [3.05, 3.63) is 35.9 Å². The predicted molar refractivity (Wildman–Crippen MR) is 81.5 cm³/mol. The zero-order chi connectivity index (χ0) is 15.5. The topological polar surface area (TPSA) is 66.5 Å². The summed E-state index contributed by atoms with van der Waals surface area (Å²) in [5, 5.41) is 2.26. The number of hydrogen-bond acceptors (Lipinski definition) is 4. The molecule has 1 aliphatic heterocycles. The van der Waals surface area contributed by atoms with Crippen LogP contribution in [0, 0.1) is 0 Å². The highest BCUT2D eigenvalue weighted by Gasteiger charge is 2.43. The van der Waals surface area contributed by atoms with Crippen molar-refractivity contribution in [1.29, 1.82) is 0 Å². The Kier molecular flexibility index (Phi) is 4.67. The van der Waals surface area contributed by atoms with E-state index in [1.165, 1.54) is 16.7 Å². The molecule has 2 rings (SSSR count). The third-order valence-electron chi connectivity index (χ3n) is 3.42. The Morgan fingerprint density at radius 3 is 2.62 bits per heavy atom. The summed E-state index contributed by atoms with van der Waals surface area (Å²) in [7, 11) is 0. The molecule has 0 aliphatic carbocycles. The van der Waals surface area contributed by atoms with Gasteiger partial charge in [0.2, 0.25) is 11.8 Å². The number of amides is 3. The minimum absolute atomic E-state index is 0.0660. The van der Waals surface area contributed by atoms with Gasteiger partial charge in [0, 0.05) is 5.75 Å². The minimum Gasteiger partial charge on any atom is -0.318 e. The molecule has 0 saturated carbocycles. The second kappa shape index (κ2) is 6.30. The van der Waals surface area contributed by atoms with E-state index in [4.69, 9.17) is 0 Å². The van der Waals surface area contributed by atoms with Crippen LogP contribution in [0.25, 0.3) is 0 Å². The number of benzene rings is 1. The Morgan fingerprint density at radius 2 is 1.95 bits per heavy atom. The third-order valence-corrected chi connectivity index (χ3v) is 4.41. The van der Waals surface area contributed by atoms with Crippen molar-refractivity contribution in [3.8, 4) is 0 Å². The molecule has 1 N–H and O–H groups in total. The molecule has 5 nitrogen and oxygen atoms in total. The Hall–Kier alpha value is -1.82. The molecule has 6 heteroatoms. The number of carbonyl (C=O) groups excluding carboxylic acids is 3. The van der Waals surface area contributed by atoms with Gasteiger partial charge in [-0.2, -0.15) is 0 Å². The van der Waals surface area contributed by atoms with E-state index in [1.54, 1.807) is 13.8 Å². The standard InChI is InChI=1S/C15H18N2O3S/c1-15(2)14(20)16-12(18)8-17(15)13(19)10-21-9-11-6-4-3-5-7-11/h3-7H,8-10H2,1-2H3,(H,16,18,20). The van der Waals surface area contributed by atoms with Gasteiger partial charge in [0.05, 0.1) is 5.75 Å². The van der Waals surface area contributed by atoms with Crippen molar-refractivity contribution in [3.63, 3.8) is 0 Å². The van der Waals surface area contributed by atoms with Gasteiger partial charge in [0.15, 0.2) is 0 Å². The average Bonchev–Trinajstić information content (AvgIpc) is 2.44. The molecule has 1 saturated heterocycles. The highest BCUT2D eigenvalue weighted by atomic mass is 32.2. The lowest BCUT2D eigenvalue weighted by Crippen LogP contribution is -2.65. The van der Waals surface area contributed by atoms with Crippen LogP contribution in [0.2, 0.25) is 0 Å². The second-order valence-electron chi connectivity index (χ2n) is 5.39. The highest BCUT2D eigenvalue weighted by Crippen LogP contribution is 2.20. The van der Waals surface area contributed by atoms with Crippen LogP contribution in [0.1, 0.15) is 19.4 Å². The normalized spacial score (nSPS) is 17.5. The van der Waals surface area contributed by atoms with E-state index in [0.717, 1.165) is 11.3 Å². The van der Waals surface area contributed by atoms with E-state index in [-0.39, 0.29) is 18.2 Å².